The van der Waals surface area contributed by atoms with E-state index in [4.69, 9.17) is 10.2 Å². The maximum atomic E-state index is 10.7. The third kappa shape index (κ3) is 2.30. The van der Waals surface area contributed by atoms with Gasteiger partial charge in [-0.3, -0.25) is 0 Å². The lowest BCUT2D eigenvalue weighted by Crippen LogP contribution is -2.05. The van der Waals surface area contributed by atoms with E-state index in [2.05, 4.69) is 22.6 Å². The number of aromatic nitrogens is 3. The summed E-state index contributed by atoms with van der Waals surface area (Å²) >= 11 is 4.32. The number of hydrogen-bond acceptors (Lipinski definition) is 7. The van der Waals surface area contributed by atoms with Crippen LogP contribution < -0.4 is 5.73 Å². The van der Waals surface area contributed by atoms with Crippen LogP contribution >= 0.6 is 12.6 Å². The van der Waals surface area contributed by atoms with Gasteiger partial charge in [0.25, 0.3) is 0 Å². The van der Waals surface area contributed by atoms with E-state index < -0.39 is 4.92 Å². The summed E-state index contributed by atoms with van der Waals surface area (Å²) in [5, 5.41) is 10.3. The van der Waals surface area contributed by atoms with Crippen molar-refractivity contribution in [1.29, 1.82) is 0 Å². The first-order valence-electron chi connectivity index (χ1n) is 5.03. The molecule has 0 fully saturated rings. The fourth-order valence-electron chi connectivity index (χ4n) is 1.51. The molecule has 9 heteroatoms. The average Bonchev–Trinajstić information content (AvgIpc) is 2.86. The molecule has 2 N–H and O–H groups in total. The molecule has 0 aromatic carbocycles. The molecule has 0 aliphatic carbocycles. The zero-order valence-corrected chi connectivity index (χ0v) is 10.4. The Hall–Kier alpha value is -2.03. The number of nitrogen functional groups attached to an aromatic ring is 1. The number of thiol groups is 1. The maximum Gasteiger partial charge on any atom is 0.342 e. The second kappa shape index (κ2) is 4.69. The lowest BCUT2D eigenvalue weighted by atomic mass is 10.3. The molecule has 0 saturated heterocycles. The molecule has 0 radical (unpaired) electrons. The molecule has 2 aromatic rings. The van der Waals surface area contributed by atoms with E-state index in [1.54, 1.807) is 7.05 Å². The van der Waals surface area contributed by atoms with Gasteiger partial charge in [0.05, 0.1) is 18.5 Å². The fraction of sp³-hybridized carbons (Fsp3) is 0.333. The van der Waals surface area contributed by atoms with E-state index in [1.807, 2.05) is 0 Å². The highest BCUT2D eigenvalue weighted by molar-refractivity contribution is 7.80. The zero-order valence-electron chi connectivity index (χ0n) is 9.48. The number of nitrogens with zero attached hydrogens (tertiary/aromatic N) is 4. The van der Waals surface area contributed by atoms with Crippen molar-refractivity contribution in [3.8, 4) is 0 Å². The first kappa shape index (κ1) is 12.4. The predicted octanol–water partition coefficient (Wildman–Crippen LogP) is 1.11. The van der Waals surface area contributed by atoms with Crippen LogP contribution in [0.2, 0.25) is 0 Å². The molecule has 1 unspecified atom stereocenters. The number of nitrogens with two attached hydrogens (primary N) is 1. The van der Waals surface area contributed by atoms with E-state index in [0.717, 1.165) is 0 Å². The monoisotopic (exact) mass is 269 g/mol. The molecule has 0 aliphatic heterocycles. The Labute approximate surface area is 107 Å². The third-order valence-electron chi connectivity index (χ3n) is 2.45. The molecule has 18 heavy (non-hydrogen) atoms. The van der Waals surface area contributed by atoms with Crippen molar-refractivity contribution >= 4 is 24.3 Å². The summed E-state index contributed by atoms with van der Waals surface area (Å²) in [4.78, 5) is 18.1. The Morgan fingerprint density at radius 3 is 2.83 bits per heavy atom. The number of oxazole rings is 1. The average molecular weight is 269 g/mol. The lowest BCUT2D eigenvalue weighted by molar-refractivity contribution is -0.391. The highest BCUT2D eigenvalue weighted by Crippen LogP contribution is 2.25. The Balaban J connectivity index is 2.17. The molecule has 0 bridgehead atoms. The molecule has 0 aliphatic rings. The predicted molar refractivity (Wildman–Crippen MR) is 66.2 cm³/mol. The first-order chi connectivity index (χ1) is 8.49. The summed E-state index contributed by atoms with van der Waals surface area (Å²) in [7, 11) is 1.57. The van der Waals surface area contributed by atoms with E-state index in [-0.39, 0.29) is 17.0 Å². The first-order valence-corrected chi connectivity index (χ1v) is 5.55. The van der Waals surface area contributed by atoms with Crippen LogP contribution in [0.15, 0.2) is 16.8 Å². The van der Waals surface area contributed by atoms with Crippen molar-refractivity contribution in [2.24, 2.45) is 7.05 Å². The van der Waals surface area contributed by atoms with Crippen LogP contribution in [0.3, 0.4) is 0 Å². The Morgan fingerprint density at radius 1 is 1.61 bits per heavy atom. The highest BCUT2D eigenvalue weighted by Gasteiger charge is 2.21. The summed E-state index contributed by atoms with van der Waals surface area (Å²) in [5.74, 6) is 1.02. The van der Waals surface area contributed by atoms with E-state index in [0.29, 0.717) is 18.1 Å². The minimum Gasteiger partial charge on any atom is -0.424 e. The molecule has 1 atom stereocenters. The van der Waals surface area contributed by atoms with Crippen LogP contribution in [-0.2, 0) is 13.5 Å². The molecule has 8 nitrogen and oxygen atoms in total. The fourth-order valence-corrected chi connectivity index (χ4v) is 1.79. The summed E-state index contributed by atoms with van der Waals surface area (Å²) in [6.45, 7) is 0. The topological polar surface area (TPSA) is 113 Å². The van der Waals surface area contributed by atoms with Crippen molar-refractivity contribution in [2.45, 2.75) is 11.7 Å². The highest BCUT2D eigenvalue weighted by atomic mass is 32.1. The molecule has 0 amide bonds. The Kier molecular flexibility index (Phi) is 3.24. The maximum absolute atomic E-state index is 10.7. The van der Waals surface area contributed by atoms with Crippen molar-refractivity contribution in [1.82, 2.24) is 14.5 Å². The summed E-state index contributed by atoms with van der Waals surface area (Å²) < 4.78 is 6.53. The quantitative estimate of drug-likeness (QED) is 0.488. The van der Waals surface area contributed by atoms with Gasteiger partial charge in [-0.2, -0.15) is 12.6 Å². The van der Waals surface area contributed by atoms with E-state index in [1.165, 1.54) is 17.0 Å². The lowest BCUT2D eigenvalue weighted by Gasteiger charge is -2.04. The number of rotatable bonds is 4. The van der Waals surface area contributed by atoms with Crippen molar-refractivity contribution in [3.63, 3.8) is 0 Å². The number of anilines is 1. The van der Waals surface area contributed by atoms with Gasteiger partial charge in [0.1, 0.15) is 6.20 Å². The SMILES string of the molecule is Cn1c([N+](=O)[O-])cnc1CC(S)c1ncc(N)o1. The van der Waals surface area contributed by atoms with Gasteiger partial charge in [-0.25, -0.2) is 14.5 Å². The van der Waals surface area contributed by atoms with Gasteiger partial charge in [0.15, 0.2) is 5.82 Å². The molecular weight excluding hydrogens is 258 g/mol. The van der Waals surface area contributed by atoms with Gasteiger partial charge in [0, 0.05) is 6.42 Å². The van der Waals surface area contributed by atoms with Crippen molar-refractivity contribution < 1.29 is 9.34 Å². The van der Waals surface area contributed by atoms with Crippen LogP contribution in [0.1, 0.15) is 17.0 Å². The molecule has 96 valence electrons. The molecule has 2 aromatic heterocycles. The second-order valence-corrected chi connectivity index (χ2v) is 4.29. The van der Waals surface area contributed by atoms with Gasteiger partial charge in [0.2, 0.25) is 11.8 Å². The minimum atomic E-state index is -0.493. The van der Waals surface area contributed by atoms with Gasteiger partial charge >= 0.3 is 5.82 Å². The van der Waals surface area contributed by atoms with Crippen LogP contribution in [0, 0.1) is 10.1 Å². The van der Waals surface area contributed by atoms with E-state index >= 15 is 0 Å². The molecule has 2 heterocycles. The number of hydrogen-bond donors (Lipinski definition) is 2. The normalized spacial score (nSPS) is 12.6. The second-order valence-electron chi connectivity index (χ2n) is 3.67. The van der Waals surface area contributed by atoms with Gasteiger partial charge in [-0.05, 0) is 4.92 Å². The van der Waals surface area contributed by atoms with Crippen LogP contribution in [-0.4, -0.2) is 19.5 Å². The molecule has 2 rings (SSSR count). The van der Waals surface area contributed by atoms with Crippen LogP contribution in [0.4, 0.5) is 11.7 Å². The number of nitro groups is 1. The summed E-state index contributed by atoms with van der Waals surface area (Å²) in [6, 6.07) is 0. The van der Waals surface area contributed by atoms with Gasteiger partial charge in [-0.1, -0.05) is 0 Å². The largest absolute Gasteiger partial charge is 0.424 e. The third-order valence-corrected chi connectivity index (χ3v) is 2.85. The Bertz CT molecular complexity index is 579. The van der Waals surface area contributed by atoms with Gasteiger partial charge in [-0.15, -0.1) is 0 Å². The Morgan fingerprint density at radius 2 is 2.33 bits per heavy atom. The van der Waals surface area contributed by atoms with Crippen LogP contribution in [0.5, 0.6) is 0 Å². The van der Waals surface area contributed by atoms with Crippen LogP contribution in [0.25, 0.3) is 0 Å². The van der Waals surface area contributed by atoms with E-state index in [9.17, 15) is 10.1 Å². The smallest absolute Gasteiger partial charge is 0.342 e. The standard InChI is InChI=1S/C9H11N5O3S/c1-13-7(11-4-8(13)14(15)16)2-5(18)9-12-3-6(10)17-9/h3-5,18H,2,10H2,1H3. The zero-order chi connectivity index (χ0) is 13.3. The summed E-state index contributed by atoms with van der Waals surface area (Å²) in [5.41, 5.74) is 5.41. The van der Waals surface area contributed by atoms with Crippen molar-refractivity contribution in [2.75, 3.05) is 5.73 Å². The minimum absolute atomic E-state index is 0.0718. The molecular formula is C9H11N5O3S. The molecule has 0 spiro atoms. The number of imidazole rings is 1. The molecule has 0 saturated carbocycles. The van der Waals surface area contributed by atoms with Gasteiger partial charge < -0.3 is 20.3 Å². The van der Waals surface area contributed by atoms with Crippen molar-refractivity contribution in [3.05, 3.63) is 34.2 Å². The summed E-state index contributed by atoms with van der Waals surface area (Å²) in [6.07, 6.45) is 2.95.